The van der Waals surface area contributed by atoms with Crippen molar-refractivity contribution in [3.8, 4) is 0 Å². The molecule has 0 unspecified atom stereocenters. The minimum Gasteiger partial charge on any atom is -0.465 e. The van der Waals surface area contributed by atoms with E-state index in [0.29, 0.717) is 5.56 Å². The molecule has 0 fully saturated rings. The fourth-order valence-electron chi connectivity index (χ4n) is 0.606. The van der Waals surface area contributed by atoms with Crippen molar-refractivity contribution in [3.05, 3.63) is 30.1 Å². The van der Waals surface area contributed by atoms with Crippen molar-refractivity contribution in [2.75, 3.05) is 7.11 Å². The molecule has 0 aromatic carbocycles. The summed E-state index contributed by atoms with van der Waals surface area (Å²) in [5.74, 6) is -0.331. The molecule has 12 heavy (non-hydrogen) atoms. The van der Waals surface area contributed by atoms with Crippen molar-refractivity contribution in [1.82, 2.24) is 4.98 Å². The molecule has 3 heteroatoms. The Hall–Kier alpha value is -1.38. The predicted molar refractivity (Wildman–Crippen MR) is 46.9 cm³/mol. The lowest BCUT2D eigenvalue weighted by Gasteiger charge is -1.95. The zero-order valence-corrected chi connectivity index (χ0v) is 7.57. The van der Waals surface area contributed by atoms with E-state index in [0.717, 1.165) is 0 Å². The molecule has 1 heterocycles. The smallest absolute Gasteiger partial charge is 0.337 e. The van der Waals surface area contributed by atoms with Gasteiger partial charge in [0.25, 0.3) is 0 Å². The molecule has 0 aliphatic heterocycles. The molecule has 0 aliphatic carbocycles. The van der Waals surface area contributed by atoms with Gasteiger partial charge in [0.1, 0.15) is 0 Å². The number of nitrogens with zero attached hydrogens (tertiary/aromatic N) is 1. The average molecular weight is 167 g/mol. The van der Waals surface area contributed by atoms with Gasteiger partial charge in [-0.05, 0) is 12.1 Å². The van der Waals surface area contributed by atoms with Crippen LogP contribution in [0.5, 0.6) is 0 Å². The highest BCUT2D eigenvalue weighted by molar-refractivity contribution is 5.88. The largest absolute Gasteiger partial charge is 0.465 e. The maximum Gasteiger partial charge on any atom is 0.337 e. The summed E-state index contributed by atoms with van der Waals surface area (Å²) >= 11 is 0. The second kappa shape index (κ2) is 6.34. The van der Waals surface area contributed by atoms with E-state index in [1.54, 1.807) is 24.5 Å². The van der Waals surface area contributed by atoms with Gasteiger partial charge in [-0.3, -0.25) is 4.98 Å². The van der Waals surface area contributed by atoms with Crippen molar-refractivity contribution in [3.63, 3.8) is 0 Å². The number of carbonyl (C=O) groups is 1. The molecular weight excluding hydrogens is 154 g/mol. The first-order valence-corrected chi connectivity index (χ1v) is 3.83. The van der Waals surface area contributed by atoms with E-state index < -0.39 is 0 Å². The molecule has 0 aliphatic rings. The zero-order chi connectivity index (χ0) is 9.40. The summed E-state index contributed by atoms with van der Waals surface area (Å²) in [4.78, 5) is 14.5. The third-order valence-corrected chi connectivity index (χ3v) is 1.10. The Kier molecular flexibility index (Phi) is 5.61. The number of methoxy groups -OCH3 is 1. The van der Waals surface area contributed by atoms with E-state index in [1.165, 1.54) is 7.11 Å². The summed E-state index contributed by atoms with van der Waals surface area (Å²) in [5, 5.41) is 0. The molecular formula is C9H13NO2. The molecule has 0 amide bonds. The molecule has 0 radical (unpaired) electrons. The second-order valence-electron chi connectivity index (χ2n) is 1.73. The van der Waals surface area contributed by atoms with Gasteiger partial charge in [-0.2, -0.15) is 0 Å². The van der Waals surface area contributed by atoms with E-state index in [2.05, 4.69) is 9.72 Å². The van der Waals surface area contributed by atoms with Gasteiger partial charge >= 0.3 is 5.97 Å². The molecule has 0 saturated carbocycles. The molecule has 0 atom stereocenters. The quantitative estimate of drug-likeness (QED) is 0.599. The molecule has 1 aromatic heterocycles. The monoisotopic (exact) mass is 167 g/mol. The van der Waals surface area contributed by atoms with Crippen LogP contribution in [0.1, 0.15) is 24.2 Å². The highest BCUT2D eigenvalue weighted by atomic mass is 16.5. The first-order chi connectivity index (χ1) is 5.84. The molecule has 0 saturated heterocycles. The van der Waals surface area contributed by atoms with Gasteiger partial charge in [-0.25, -0.2) is 4.79 Å². The predicted octanol–water partition coefficient (Wildman–Crippen LogP) is 1.89. The van der Waals surface area contributed by atoms with E-state index in [-0.39, 0.29) is 5.97 Å². The van der Waals surface area contributed by atoms with Crippen molar-refractivity contribution in [1.29, 1.82) is 0 Å². The number of ether oxygens (including phenoxy) is 1. The van der Waals surface area contributed by atoms with Crippen LogP contribution in [0.3, 0.4) is 0 Å². The SMILES string of the molecule is CC.COC(=O)c1ccncc1. The lowest BCUT2D eigenvalue weighted by Crippen LogP contribution is -2.00. The highest BCUT2D eigenvalue weighted by Gasteiger charge is 2.01. The Balaban J connectivity index is 0.000000561. The van der Waals surface area contributed by atoms with Crippen LogP contribution in [0.2, 0.25) is 0 Å². The van der Waals surface area contributed by atoms with Gasteiger partial charge in [0.2, 0.25) is 0 Å². The normalized spacial score (nSPS) is 7.92. The summed E-state index contributed by atoms with van der Waals surface area (Å²) < 4.78 is 4.47. The molecule has 3 nitrogen and oxygen atoms in total. The average Bonchev–Trinajstić information content (AvgIpc) is 2.21. The van der Waals surface area contributed by atoms with Crippen LogP contribution >= 0.6 is 0 Å². The number of hydrogen-bond donors (Lipinski definition) is 0. The summed E-state index contributed by atoms with van der Waals surface area (Å²) in [5.41, 5.74) is 0.525. The standard InChI is InChI=1S/C7H7NO2.C2H6/c1-10-7(9)6-2-4-8-5-3-6;1-2/h2-5H,1H3;1-2H3. The Morgan fingerprint density at radius 3 is 2.25 bits per heavy atom. The van der Waals surface area contributed by atoms with Gasteiger partial charge in [0.05, 0.1) is 12.7 Å². The van der Waals surface area contributed by atoms with Crippen LogP contribution in [0.15, 0.2) is 24.5 Å². The third kappa shape index (κ3) is 3.14. The van der Waals surface area contributed by atoms with Gasteiger partial charge in [0, 0.05) is 12.4 Å². The van der Waals surface area contributed by atoms with Crippen molar-refractivity contribution in [2.24, 2.45) is 0 Å². The number of esters is 1. The van der Waals surface area contributed by atoms with Crippen LogP contribution in [-0.2, 0) is 4.74 Å². The Morgan fingerprint density at radius 1 is 1.33 bits per heavy atom. The van der Waals surface area contributed by atoms with Crippen LogP contribution in [-0.4, -0.2) is 18.1 Å². The maximum absolute atomic E-state index is 10.8. The first-order valence-electron chi connectivity index (χ1n) is 3.83. The lowest BCUT2D eigenvalue weighted by atomic mass is 10.3. The fraction of sp³-hybridized carbons (Fsp3) is 0.333. The minimum absolute atomic E-state index is 0.331. The number of aromatic nitrogens is 1. The summed E-state index contributed by atoms with van der Waals surface area (Å²) in [7, 11) is 1.35. The van der Waals surface area contributed by atoms with Gasteiger partial charge in [0.15, 0.2) is 0 Å². The maximum atomic E-state index is 10.8. The van der Waals surface area contributed by atoms with Crippen LogP contribution in [0, 0.1) is 0 Å². The topological polar surface area (TPSA) is 39.2 Å². The third-order valence-electron chi connectivity index (χ3n) is 1.10. The van der Waals surface area contributed by atoms with Gasteiger partial charge in [-0.15, -0.1) is 0 Å². The van der Waals surface area contributed by atoms with E-state index in [1.807, 2.05) is 13.8 Å². The summed E-state index contributed by atoms with van der Waals surface area (Å²) in [6, 6.07) is 3.21. The molecule has 1 rings (SSSR count). The van der Waals surface area contributed by atoms with Crippen LogP contribution in [0.4, 0.5) is 0 Å². The Labute approximate surface area is 72.4 Å². The minimum atomic E-state index is -0.331. The van der Waals surface area contributed by atoms with Crippen molar-refractivity contribution >= 4 is 5.97 Å². The number of rotatable bonds is 1. The summed E-state index contributed by atoms with van der Waals surface area (Å²) in [6.45, 7) is 4.00. The van der Waals surface area contributed by atoms with Gasteiger partial charge < -0.3 is 4.74 Å². The van der Waals surface area contributed by atoms with Crippen LogP contribution in [0.25, 0.3) is 0 Å². The van der Waals surface area contributed by atoms with Crippen molar-refractivity contribution in [2.45, 2.75) is 13.8 Å². The molecule has 0 spiro atoms. The lowest BCUT2D eigenvalue weighted by molar-refractivity contribution is 0.0600. The summed E-state index contributed by atoms with van der Waals surface area (Å²) in [6.07, 6.45) is 3.10. The molecule has 0 N–H and O–H groups in total. The molecule has 0 bridgehead atoms. The first kappa shape index (κ1) is 10.6. The number of pyridine rings is 1. The number of hydrogen-bond acceptors (Lipinski definition) is 3. The van der Waals surface area contributed by atoms with Gasteiger partial charge in [-0.1, -0.05) is 13.8 Å². The van der Waals surface area contributed by atoms with E-state index in [4.69, 9.17) is 0 Å². The van der Waals surface area contributed by atoms with E-state index in [9.17, 15) is 4.79 Å². The fourth-order valence-corrected chi connectivity index (χ4v) is 0.606. The Morgan fingerprint density at radius 2 is 1.83 bits per heavy atom. The molecule has 1 aromatic rings. The van der Waals surface area contributed by atoms with Crippen molar-refractivity contribution < 1.29 is 9.53 Å². The number of carbonyl (C=O) groups excluding carboxylic acids is 1. The van der Waals surface area contributed by atoms with Crippen LogP contribution < -0.4 is 0 Å². The Bertz CT molecular complexity index is 221. The molecule has 66 valence electrons. The second-order valence-corrected chi connectivity index (χ2v) is 1.73. The zero-order valence-electron chi connectivity index (χ0n) is 7.57. The highest BCUT2D eigenvalue weighted by Crippen LogP contribution is 1.96. The van der Waals surface area contributed by atoms with E-state index >= 15 is 0 Å².